The smallest absolute Gasteiger partial charge is 0.458 e. The lowest BCUT2D eigenvalue weighted by atomic mass is 9.96. The first-order valence-corrected chi connectivity index (χ1v) is 4.50. The van der Waals surface area contributed by atoms with E-state index in [4.69, 9.17) is 10.2 Å². The fourth-order valence-corrected chi connectivity index (χ4v) is 1.08. The largest absolute Gasteiger partial charge is 0.478 e. The molecule has 2 N–H and O–H groups in total. The molecule has 0 aliphatic heterocycles. The first kappa shape index (κ1) is 20.0. The monoisotopic (exact) mass is 352 g/mol. The number of carboxylic acid groups (broad SMARTS) is 2. The van der Waals surface area contributed by atoms with Gasteiger partial charge < -0.3 is 10.2 Å². The van der Waals surface area contributed by atoms with Crippen LogP contribution in [0.4, 0.5) is 43.9 Å². The van der Waals surface area contributed by atoms with Gasteiger partial charge in [0.1, 0.15) is 11.1 Å². The second kappa shape index (κ2) is 5.31. The second-order valence-corrected chi connectivity index (χ2v) is 3.50. The molecule has 14 heteroatoms. The normalized spacial score (nSPS) is 15.4. The lowest BCUT2D eigenvalue weighted by Crippen LogP contribution is -2.48. The van der Waals surface area contributed by atoms with Gasteiger partial charge in [-0.05, 0) is 0 Å². The Morgan fingerprint density at radius 2 is 0.727 bits per heavy atom. The van der Waals surface area contributed by atoms with Gasteiger partial charge in [-0.1, -0.05) is 0 Å². The first-order chi connectivity index (χ1) is 9.39. The van der Waals surface area contributed by atoms with Crippen molar-refractivity contribution in [3.8, 4) is 0 Å². The lowest BCUT2D eigenvalue weighted by Gasteiger charge is -2.26. The Balaban J connectivity index is 6.90. The molecular formula is C8H2F10O4. The zero-order valence-electron chi connectivity index (χ0n) is 9.49. The Bertz CT molecular complexity index is 466. The molecule has 0 fully saturated rings. The highest BCUT2D eigenvalue weighted by Crippen LogP contribution is 2.48. The van der Waals surface area contributed by atoms with E-state index < -0.39 is 47.3 Å². The summed E-state index contributed by atoms with van der Waals surface area (Å²) in [4.78, 5) is 20.6. The average molecular weight is 352 g/mol. The van der Waals surface area contributed by atoms with Crippen LogP contribution in [-0.2, 0) is 9.59 Å². The zero-order chi connectivity index (χ0) is 18.3. The zero-order valence-corrected chi connectivity index (χ0v) is 9.49. The van der Waals surface area contributed by atoms with Crippen molar-refractivity contribution in [3.63, 3.8) is 0 Å². The van der Waals surface area contributed by atoms with Crippen LogP contribution in [0.3, 0.4) is 0 Å². The number of carbonyl (C=O) groups is 2. The maximum absolute atomic E-state index is 12.8. The number of hydrogen-bond acceptors (Lipinski definition) is 2. The third-order valence-electron chi connectivity index (χ3n) is 2.02. The summed E-state index contributed by atoms with van der Waals surface area (Å²) >= 11 is 0. The van der Waals surface area contributed by atoms with Gasteiger partial charge in [-0.2, -0.15) is 43.9 Å². The van der Waals surface area contributed by atoms with Gasteiger partial charge in [0.15, 0.2) is 0 Å². The van der Waals surface area contributed by atoms with E-state index >= 15 is 0 Å². The van der Waals surface area contributed by atoms with Crippen LogP contribution >= 0.6 is 0 Å². The number of rotatable bonds is 4. The quantitative estimate of drug-likeness (QED) is 0.603. The molecule has 4 nitrogen and oxygen atoms in total. The molecule has 0 unspecified atom stereocenters. The van der Waals surface area contributed by atoms with E-state index in [0.717, 1.165) is 0 Å². The Hall–Kier alpha value is -2.02. The van der Waals surface area contributed by atoms with E-state index in [-0.39, 0.29) is 0 Å². The highest BCUT2D eigenvalue weighted by molar-refractivity contribution is 6.01. The highest BCUT2D eigenvalue weighted by Gasteiger charge is 2.70. The molecule has 0 radical (unpaired) electrons. The molecule has 0 saturated heterocycles. The first-order valence-electron chi connectivity index (χ1n) is 4.50. The third-order valence-corrected chi connectivity index (χ3v) is 2.02. The van der Waals surface area contributed by atoms with Gasteiger partial charge in [0.25, 0.3) is 0 Å². The fraction of sp³-hybridized carbons (Fsp3) is 0.500. The van der Waals surface area contributed by atoms with E-state index in [2.05, 4.69) is 0 Å². The Morgan fingerprint density at radius 3 is 0.818 bits per heavy atom. The summed E-state index contributed by atoms with van der Waals surface area (Å²) in [6.45, 7) is 0. The van der Waals surface area contributed by atoms with Crippen LogP contribution in [0.25, 0.3) is 0 Å². The standard InChI is InChI=1S/C8H2F10O4/c9-5(10,7(13,14)15)1(3(19)20)2(4(21)22)6(11,12)8(16,17)18/h(H,19,20)(H,21,22)/b2-1-. The lowest BCUT2D eigenvalue weighted by molar-refractivity contribution is -0.275. The molecule has 0 atom stereocenters. The van der Waals surface area contributed by atoms with Crippen molar-refractivity contribution < 1.29 is 63.7 Å². The molecule has 22 heavy (non-hydrogen) atoms. The van der Waals surface area contributed by atoms with Gasteiger partial charge in [0.05, 0.1) is 0 Å². The third kappa shape index (κ3) is 3.24. The molecule has 0 aromatic rings. The number of carboxylic acids is 2. The summed E-state index contributed by atoms with van der Waals surface area (Å²) < 4.78 is 123. The summed E-state index contributed by atoms with van der Waals surface area (Å²) in [5.74, 6) is -20.8. The van der Waals surface area contributed by atoms with E-state index in [1.165, 1.54) is 0 Å². The molecule has 0 rings (SSSR count). The SMILES string of the molecule is O=C(O)/C(=C(\C(=O)O)C(F)(F)C(F)(F)F)C(F)(F)C(F)(F)F. The van der Waals surface area contributed by atoms with Gasteiger partial charge in [-0.3, -0.25) is 0 Å². The number of alkyl halides is 10. The van der Waals surface area contributed by atoms with E-state index in [9.17, 15) is 53.5 Å². The minimum absolute atomic E-state index is 3.61. The van der Waals surface area contributed by atoms with Crippen LogP contribution < -0.4 is 0 Å². The van der Waals surface area contributed by atoms with E-state index in [0.29, 0.717) is 0 Å². The Morgan fingerprint density at radius 1 is 0.545 bits per heavy atom. The molecule has 128 valence electrons. The van der Waals surface area contributed by atoms with Crippen molar-refractivity contribution >= 4 is 11.9 Å². The van der Waals surface area contributed by atoms with Crippen molar-refractivity contribution in [2.75, 3.05) is 0 Å². The van der Waals surface area contributed by atoms with E-state index in [1.54, 1.807) is 0 Å². The predicted molar refractivity (Wildman–Crippen MR) is 44.3 cm³/mol. The number of halogens is 10. The van der Waals surface area contributed by atoms with Crippen LogP contribution in [0.2, 0.25) is 0 Å². The molecule has 0 aromatic carbocycles. The number of aliphatic carboxylic acids is 2. The molecule has 0 bridgehead atoms. The molecule has 0 aromatic heterocycles. The maximum atomic E-state index is 12.8. The van der Waals surface area contributed by atoms with Crippen LogP contribution in [0.1, 0.15) is 0 Å². The summed E-state index contributed by atoms with van der Waals surface area (Å²) in [7, 11) is 0. The molecule has 0 spiro atoms. The topological polar surface area (TPSA) is 74.6 Å². The van der Waals surface area contributed by atoms with Crippen molar-refractivity contribution in [2.24, 2.45) is 0 Å². The van der Waals surface area contributed by atoms with Crippen LogP contribution in [0, 0.1) is 0 Å². The van der Waals surface area contributed by atoms with Gasteiger partial charge in [-0.15, -0.1) is 0 Å². The summed E-state index contributed by atoms with van der Waals surface area (Å²) in [6, 6.07) is 0. The highest BCUT2D eigenvalue weighted by atomic mass is 19.4. The second-order valence-electron chi connectivity index (χ2n) is 3.50. The van der Waals surface area contributed by atoms with Crippen molar-refractivity contribution in [1.82, 2.24) is 0 Å². The molecule has 0 aliphatic carbocycles. The van der Waals surface area contributed by atoms with Crippen LogP contribution in [-0.4, -0.2) is 46.3 Å². The minimum atomic E-state index is -6.93. The summed E-state index contributed by atoms with van der Waals surface area (Å²) in [6.07, 6.45) is -13.9. The Kier molecular flexibility index (Phi) is 4.83. The van der Waals surface area contributed by atoms with Crippen LogP contribution in [0.5, 0.6) is 0 Å². The molecule has 0 amide bonds. The summed E-state index contributed by atoms with van der Waals surface area (Å²) in [5, 5.41) is 16.2. The van der Waals surface area contributed by atoms with Gasteiger partial charge in [0, 0.05) is 0 Å². The van der Waals surface area contributed by atoms with Crippen molar-refractivity contribution in [1.29, 1.82) is 0 Å². The van der Waals surface area contributed by atoms with Crippen molar-refractivity contribution in [3.05, 3.63) is 11.1 Å². The maximum Gasteiger partial charge on any atom is 0.458 e. The van der Waals surface area contributed by atoms with E-state index in [1.807, 2.05) is 0 Å². The fourth-order valence-electron chi connectivity index (χ4n) is 1.08. The van der Waals surface area contributed by atoms with Crippen LogP contribution in [0.15, 0.2) is 11.1 Å². The average Bonchev–Trinajstić information content (AvgIpc) is 2.20. The molecular weight excluding hydrogens is 350 g/mol. The molecule has 0 saturated carbocycles. The van der Waals surface area contributed by atoms with Gasteiger partial charge >= 0.3 is 36.1 Å². The number of hydrogen-bond donors (Lipinski definition) is 2. The predicted octanol–water partition coefficient (Wildman–Crippen LogP) is 2.85. The molecule has 0 heterocycles. The minimum Gasteiger partial charge on any atom is -0.478 e. The van der Waals surface area contributed by atoms with Crippen molar-refractivity contribution in [2.45, 2.75) is 24.2 Å². The Labute approximate surface area is 112 Å². The summed E-state index contributed by atoms with van der Waals surface area (Å²) in [5.41, 5.74) is -7.87. The molecule has 0 aliphatic rings. The van der Waals surface area contributed by atoms with Gasteiger partial charge in [-0.25, -0.2) is 9.59 Å². The van der Waals surface area contributed by atoms with Gasteiger partial charge in [0.2, 0.25) is 0 Å².